The fourth-order valence-corrected chi connectivity index (χ4v) is 2.34. The number of hydrogen-bond donors (Lipinski definition) is 1. The van der Waals surface area contributed by atoms with Crippen LogP contribution in [0.5, 0.6) is 5.75 Å². The highest BCUT2D eigenvalue weighted by Gasteiger charge is 2.14. The summed E-state index contributed by atoms with van der Waals surface area (Å²) in [6.07, 6.45) is 3.45. The highest BCUT2D eigenvalue weighted by Crippen LogP contribution is 2.27. The quantitative estimate of drug-likeness (QED) is 0.743. The van der Waals surface area contributed by atoms with E-state index in [2.05, 4.69) is 58.1 Å². The van der Waals surface area contributed by atoms with Crippen LogP contribution in [0, 0.1) is 6.92 Å². The molecule has 0 saturated heterocycles. The normalized spacial score (nSPS) is 13.3. The van der Waals surface area contributed by atoms with E-state index in [0.29, 0.717) is 6.04 Å². The first kappa shape index (κ1) is 17.0. The highest BCUT2D eigenvalue weighted by atomic mass is 16.5. The first-order chi connectivity index (χ1) is 9.38. The second-order valence-electron chi connectivity index (χ2n) is 6.61. The van der Waals surface area contributed by atoms with Crippen molar-refractivity contribution >= 4 is 0 Å². The molecule has 2 heteroatoms. The molecular weight excluding hydrogens is 246 g/mol. The zero-order chi connectivity index (χ0) is 15.2. The van der Waals surface area contributed by atoms with Crippen LogP contribution in [0.4, 0.5) is 0 Å². The molecule has 0 heterocycles. The van der Waals surface area contributed by atoms with Crippen molar-refractivity contribution in [3.63, 3.8) is 0 Å². The molecule has 0 aliphatic heterocycles. The summed E-state index contributed by atoms with van der Waals surface area (Å²) in [6, 6.07) is 7.16. The van der Waals surface area contributed by atoms with E-state index in [0.717, 1.165) is 18.8 Å². The first-order valence-electron chi connectivity index (χ1n) is 7.79. The molecule has 0 spiro atoms. The molecule has 114 valence electrons. The van der Waals surface area contributed by atoms with Gasteiger partial charge in [-0.1, -0.05) is 39.8 Å². The molecule has 1 unspecified atom stereocenters. The molecule has 0 bridgehead atoms. The monoisotopic (exact) mass is 277 g/mol. The molecule has 0 aliphatic carbocycles. The van der Waals surface area contributed by atoms with E-state index >= 15 is 0 Å². The van der Waals surface area contributed by atoms with Gasteiger partial charge in [-0.25, -0.2) is 0 Å². The van der Waals surface area contributed by atoms with Crippen molar-refractivity contribution in [3.8, 4) is 5.75 Å². The van der Waals surface area contributed by atoms with Gasteiger partial charge in [-0.3, -0.25) is 0 Å². The average molecular weight is 277 g/mol. The highest BCUT2D eigenvalue weighted by molar-refractivity contribution is 5.38. The molecule has 0 amide bonds. The van der Waals surface area contributed by atoms with E-state index in [1.807, 2.05) is 7.05 Å². The number of nitrogens with one attached hydrogen (secondary N) is 1. The maximum Gasteiger partial charge on any atom is 0.122 e. The number of aryl methyl sites for hydroxylation is 1. The molecule has 1 aromatic rings. The number of hydrogen-bond acceptors (Lipinski definition) is 2. The molecular formula is C18H31NO. The van der Waals surface area contributed by atoms with Crippen LogP contribution in [0.25, 0.3) is 0 Å². The Morgan fingerprint density at radius 2 is 1.95 bits per heavy atom. The lowest BCUT2D eigenvalue weighted by molar-refractivity contribution is 0.294. The third kappa shape index (κ3) is 5.16. The van der Waals surface area contributed by atoms with Crippen molar-refractivity contribution in [2.45, 2.75) is 65.3 Å². The summed E-state index contributed by atoms with van der Waals surface area (Å²) in [4.78, 5) is 0. The predicted octanol–water partition coefficient (Wildman–Crippen LogP) is 4.45. The fraction of sp³-hybridized carbons (Fsp3) is 0.667. The smallest absolute Gasteiger partial charge is 0.122 e. The Morgan fingerprint density at radius 3 is 2.45 bits per heavy atom. The molecule has 20 heavy (non-hydrogen) atoms. The summed E-state index contributed by atoms with van der Waals surface area (Å²) < 4.78 is 5.92. The van der Waals surface area contributed by atoms with Gasteiger partial charge in [0.15, 0.2) is 0 Å². The molecule has 0 aromatic heterocycles. The summed E-state index contributed by atoms with van der Waals surface area (Å²) in [5.74, 6) is 1.02. The molecule has 1 aromatic carbocycles. The molecule has 0 aliphatic rings. The van der Waals surface area contributed by atoms with E-state index in [9.17, 15) is 0 Å². The maximum atomic E-state index is 5.92. The van der Waals surface area contributed by atoms with Crippen molar-refractivity contribution < 1.29 is 4.74 Å². The van der Waals surface area contributed by atoms with Gasteiger partial charge in [-0.2, -0.15) is 0 Å². The Labute approximate surface area is 124 Å². The molecule has 0 radical (unpaired) electrons. The van der Waals surface area contributed by atoms with Gasteiger partial charge in [0.2, 0.25) is 0 Å². The average Bonchev–Trinajstić information content (AvgIpc) is 2.39. The van der Waals surface area contributed by atoms with E-state index in [1.165, 1.54) is 24.0 Å². The summed E-state index contributed by atoms with van der Waals surface area (Å²) in [7, 11) is 2.03. The lowest BCUT2D eigenvalue weighted by Crippen LogP contribution is -2.24. The minimum absolute atomic E-state index is 0.199. The van der Waals surface area contributed by atoms with Crippen LogP contribution in [-0.2, 0) is 5.41 Å². The van der Waals surface area contributed by atoms with Crippen molar-refractivity contribution in [3.05, 3.63) is 29.3 Å². The van der Waals surface area contributed by atoms with Crippen molar-refractivity contribution in [2.24, 2.45) is 0 Å². The maximum absolute atomic E-state index is 5.92. The van der Waals surface area contributed by atoms with Gasteiger partial charge >= 0.3 is 0 Å². The first-order valence-corrected chi connectivity index (χ1v) is 7.79. The van der Waals surface area contributed by atoms with E-state index in [1.54, 1.807) is 0 Å². The Kier molecular flexibility index (Phi) is 6.54. The van der Waals surface area contributed by atoms with E-state index in [-0.39, 0.29) is 5.41 Å². The lowest BCUT2D eigenvalue weighted by Gasteiger charge is -2.21. The van der Waals surface area contributed by atoms with Crippen LogP contribution in [0.1, 0.15) is 58.1 Å². The molecule has 1 N–H and O–H groups in total. The topological polar surface area (TPSA) is 21.3 Å². The molecule has 1 atom stereocenters. The number of ether oxygens (including phenoxy) is 1. The standard InChI is InChI=1S/C18H31NO/c1-7-16(19-6)9-8-12-20-17-11-10-15(13-14(17)2)18(3,4)5/h10-11,13,16,19H,7-9,12H2,1-6H3. The van der Waals surface area contributed by atoms with Crippen LogP contribution in [-0.4, -0.2) is 19.7 Å². The van der Waals surface area contributed by atoms with Gasteiger partial charge < -0.3 is 10.1 Å². The Hall–Kier alpha value is -1.02. The minimum atomic E-state index is 0.199. The Bertz CT molecular complexity index is 402. The van der Waals surface area contributed by atoms with Crippen LogP contribution < -0.4 is 10.1 Å². The van der Waals surface area contributed by atoms with Crippen LogP contribution in [0.2, 0.25) is 0 Å². The molecule has 2 nitrogen and oxygen atoms in total. The van der Waals surface area contributed by atoms with Crippen molar-refractivity contribution in [1.82, 2.24) is 5.32 Å². The van der Waals surface area contributed by atoms with Crippen LogP contribution in [0.15, 0.2) is 18.2 Å². The second kappa shape index (κ2) is 7.68. The van der Waals surface area contributed by atoms with Gasteiger partial charge in [-0.15, -0.1) is 0 Å². The lowest BCUT2D eigenvalue weighted by atomic mass is 9.86. The van der Waals surface area contributed by atoms with Gasteiger partial charge in [-0.05, 0) is 55.8 Å². The summed E-state index contributed by atoms with van der Waals surface area (Å²) in [5, 5.41) is 3.33. The van der Waals surface area contributed by atoms with Crippen molar-refractivity contribution in [2.75, 3.05) is 13.7 Å². The predicted molar refractivity (Wildman–Crippen MR) is 87.7 cm³/mol. The molecule has 0 saturated carbocycles. The van der Waals surface area contributed by atoms with Crippen LogP contribution in [0.3, 0.4) is 0 Å². The van der Waals surface area contributed by atoms with Gasteiger partial charge in [0.05, 0.1) is 6.61 Å². The Balaban J connectivity index is 2.49. The fourth-order valence-electron chi connectivity index (χ4n) is 2.34. The molecule has 0 fully saturated rings. The SMILES string of the molecule is CCC(CCCOc1ccc(C(C)(C)C)cc1C)NC. The zero-order valence-electron chi connectivity index (χ0n) is 14.0. The second-order valence-corrected chi connectivity index (χ2v) is 6.61. The minimum Gasteiger partial charge on any atom is -0.493 e. The largest absolute Gasteiger partial charge is 0.493 e. The van der Waals surface area contributed by atoms with E-state index in [4.69, 9.17) is 4.74 Å². The third-order valence-corrected chi connectivity index (χ3v) is 3.90. The van der Waals surface area contributed by atoms with Gasteiger partial charge in [0.25, 0.3) is 0 Å². The van der Waals surface area contributed by atoms with E-state index < -0.39 is 0 Å². The van der Waals surface area contributed by atoms with Gasteiger partial charge in [0, 0.05) is 6.04 Å². The summed E-state index contributed by atoms with van der Waals surface area (Å²) in [6.45, 7) is 11.9. The molecule has 1 rings (SSSR count). The number of rotatable bonds is 7. The summed E-state index contributed by atoms with van der Waals surface area (Å²) in [5.41, 5.74) is 2.80. The van der Waals surface area contributed by atoms with Crippen LogP contribution >= 0.6 is 0 Å². The van der Waals surface area contributed by atoms with Gasteiger partial charge in [0.1, 0.15) is 5.75 Å². The Morgan fingerprint density at radius 1 is 1.25 bits per heavy atom. The van der Waals surface area contributed by atoms with Crippen molar-refractivity contribution in [1.29, 1.82) is 0 Å². The number of benzene rings is 1. The third-order valence-electron chi connectivity index (χ3n) is 3.90. The summed E-state index contributed by atoms with van der Waals surface area (Å²) >= 11 is 0. The zero-order valence-corrected chi connectivity index (χ0v) is 14.0.